The van der Waals surface area contributed by atoms with Gasteiger partial charge in [-0.15, -0.1) is 0 Å². The fraction of sp³-hybridized carbons (Fsp3) is 0.316. The standard InChI is InChI=1S/C19H21FN2O2/c1-13-11-22(19(23)16-4-2-14(10-21)3-5-16)12-18(24-13)15-6-8-17(20)9-7-15/h2-9,13,18H,10-12,21H2,1H3/t13-,18+/m1/s1. The monoisotopic (exact) mass is 328 g/mol. The Labute approximate surface area is 141 Å². The van der Waals surface area contributed by atoms with E-state index in [0.29, 0.717) is 25.2 Å². The molecule has 0 unspecified atom stereocenters. The third kappa shape index (κ3) is 3.63. The van der Waals surface area contributed by atoms with Gasteiger partial charge in [-0.1, -0.05) is 24.3 Å². The van der Waals surface area contributed by atoms with Crippen LogP contribution in [0.1, 0.15) is 34.5 Å². The molecule has 3 rings (SSSR count). The number of carbonyl (C=O) groups is 1. The smallest absolute Gasteiger partial charge is 0.254 e. The highest BCUT2D eigenvalue weighted by Crippen LogP contribution is 2.26. The third-order valence-electron chi connectivity index (χ3n) is 4.23. The highest BCUT2D eigenvalue weighted by atomic mass is 19.1. The average molecular weight is 328 g/mol. The number of benzene rings is 2. The molecule has 2 N–H and O–H groups in total. The van der Waals surface area contributed by atoms with Crippen LogP contribution < -0.4 is 5.73 Å². The second kappa shape index (κ2) is 7.11. The van der Waals surface area contributed by atoms with Gasteiger partial charge in [-0.3, -0.25) is 4.79 Å². The van der Waals surface area contributed by atoms with Gasteiger partial charge in [0.25, 0.3) is 5.91 Å². The highest BCUT2D eigenvalue weighted by Gasteiger charge is 2.29. The van der Waals surface area contributed by atoms with E-state index in [4.69, 9.17) is 10.5 Å². The summed E-state index contributed by atoms with van der Waals surface area (Å²) in [5, 5.41) is 0. The van der Waals surface area contributed by atoms with E-state index in [9.17, 15) is 9.18 Å². The van der Waals surface area contributed by atoms with Crippen molar-refractivity contribution in [1.82, 2.24) is 4.90 Å². The third-order valence-corrected chi connectivity index (χ3v) is 4.23. The second-order valence-electron chi connectivity index (χ2n) is 6.10. The van der Waals surface area contributed by atoms with Crippen LogP contribution in [-0.2, 0) is 11.3 Å². The number of nitrogens with zero attached hydrogens (tertiary/aromatic N) is 1. The van der Waals surface area contributed by atoms with Gasteiger partial charge in [0, 0.05) is 18.7 Å². The minimum Gasteiger partial charge on any atom is -0.367 e. The van der Waals surface area contributed by atoms with Gasteiger partial charge in [-0.2, -0.15) is 0 Å². The Morgan fingerprint density at radius 1 is 1.17 bits per heavy atom. The van der Waals surface area contributed by atoms with Gasteiger partial charge in [0.1, 0.15) is 11.9 Å². The molecule has 0 radical (unpaired) electrons. The number of halogens is 1. The summed E-state index contributed by atoms with van der Waals surface area (Å²) in [7, 11) is 0. The number of rotatable bonds is 3. The summed E-state index contributed by atoms with van der Waals surface area (Å²) < 4.78 is 19.0. The maximum absolute atomic E-state index is 13.1. The normalized spacial score (nSPS) is 20.9. The van der Waals surface area contributed by atoms with E-state index in [1.807, 2.05) is 19.1 Å². The fourth-order valence-electron chi connectivity index (χ4n) is 2.94. The largest absolute Gasteiger partial charge is 0.367 e. The Bertz CT molecular complexity index is 700. The summed E-state index contributed by atoms with van der Waals surface area (Å²) in [6.45, 7) is 3.38. The van der Waals surface area contributed by atoms with E-state index >= 15 is 0 Å². The molecule has 1 aliphatic heterocycles. The van der Waals surface area contributed by atoms with E-state index in [0.717, 1.165) is 11.1 Å². The van der Waals surface area contributed by atoms with Gasteiger partial charge in [0.05, 0.1) is 12.6 Å². The van der Waals surface area contributed by atoms with Gasteiger partial charge < -0.3 is 15.4 Å². The molecular formula is C19H21FN2O2. The van der Waals surface area contributed by atoms with Crippen molar-refractivity contribution in [3.8, 4) is 0 Å². The lowest BCUT2D eigenvalue weighted by molar-refractivity contribution is -0.0691. The van der Waals surface area contributed by atoms with Crippen molar-refractivity contribution in [2.24, 2.45) is 5.73 Å². The zero-order valence-electron chi connectivity index (χ0n) is 13.6. The van der Waals surface area contributed by atoms with Crippen LogP contribution >= 0.6 is 0 Å². The molecule has 2 aromatic carbocycles. The molecule has 2 atom stereocenters. The van der Waals surface area contributed by atoms with Gasteiger partial charge in [0.2, 0.25) is 0 Å². The number of ether oxygens (including phenoxy) is 1. The Morgan fingerprint density at radius 3 is 2.46 bits per heavy atom. The summed E-state index contributed by atoms with van der Waals surface area (Å²) in [5.41, 5.74) is 8.10. The molecule has 1 amide bonds. The molecule has 4 nitrogen and oxygen atoms in total. The van der Waals surface area contributed by atoms with Crippen molar-refractivity contribution < 1.29 is 13.9 Å². The quantitative estimate of drug-likeness (QED) is 0.942. The maximum atomic E-state index is 13.1. The molecule has 0 saturated carbocycles. The van der Waals surface area contributed by atoms with Gasteiger partial charge in [-0.05, 0) is 42.3 Å². The molecule has 1 aliphatic rings. The average Bonchev–Trinajstić information content (AvgIpc) is 2.61. The molecule has 0 aromatic heterocycles. The van der Waals surface area contributed by atoms with E-state index in [-0.39, 0.29) is 23.9 Å². The molecule has 2 aromatic rings. The molecule has 0 spiro atoms. The maximum Gasteiger partial charge on any atom is 0.254 e. The molecular weight excluding hydrogens is 307 g/mol. The Morgan fingerprint density at radius 2 is 1.83 bits per heavy atom. The van der Waals surface area contributed by atoms with Crippen LogP contribution in [0.25, 0.3) is 0 Å². The van der Waals surface area contributed by atoms with Crippen molar-refractivity contribution in [2.45, 2.75) is 25.7 Å². The van der Waals surface area contributed by atoms with Crippen LogP contribution in [0.4, 0.5) is 4.39 Å². The molecule has 1 heterocycles. The van der Waals surface area contributed by atoms with Crippen LogP contribution in [-0.4, -0.2) is 30.0 Å². The summed E-state index contributed by atoms with van der Waals surface area (Å²) in [4.78, 5) is 14.5. The van der Waals surface area contributed by atoms with Crippen LogP contribution in [0.15, 0.2) is 48.5 Å². The Hall–Kier alpha value is -2.24. The fourth-order valence-corrected chi connectivity index (χ4v) is 2.94. The SMILES string of the molecule is C[C@@H]1CN(C(=O)c2ccc(CN)cc2)C[C@@H](c2ccc(F)cc2)O1. The van der Waals surface area contributed by atoms with Crippen LogP contribution in [0.5, 0.6) is 0 Å². The van der Waals surface area contributed by atoms with Crippen molar-refractivity contribution in [3.05, 3.63) is 71.0 Å². The van der Waals surface area contributed by atoms with Gasteiger partial charge in [0.15, 0.2) is 0 Å². The Kier molecular flexibility index (Phi) is 4.92. The minimum absolute atomic E-state index is 0.0270. The molecule has 5 heteroatoms. The summed E-state index contributed by atoms with van der Waals surface area (Å²) in [6, 6.07) is 13.6. The van der Waals surface area contributed by atoms with E-state index < -0.39 is 0 Å². The summed E-state index contributed by atoms with van der Waals surface area (Å²) >= 11 is 0. The van der Waals surface area contributed by atoms with Crippen LogP contribution in [0.2, 0.25) is 0 Å². The number of morpholine rings is 1. The van der Waals surface area contributed by atoms with Crippen molar-refractivity contribution in [2.75, 3.05) is 13.1 Å². The first-order valence-corrected chi connectivity index (χ1v) is 8.06. The number of carbonyl (C=O) groups excluding carboxylic acids is 1. The highest BCUT2D eigenvalue weighted by molar-refractivity contribution is 5.94. The van der Waals surface area contributed by atoms with Crippen molar-refractivity contribution in [3.63, 3.8) is 0 Å². The zero-order chi connectivity index (χ0) is 17.1. The number of hydrogen-bond acceptors (Lipinski definition) is 3. The molecule has 0 bridgehead atoms. The molecule has 0 aliphatic carbocycles. The molecule has 1 fully saturated rings. The lowest BCUT2D eigenvalue weighted by Gasteiger charge is -2.37. The lowest BCUT2D eigenvalue weighted by atomic mass is 10.0. The van der Waals surface area contributed by atoms with Crippen molar-refractivity contribution in [1.29, 1.82) is 0 Å². The minimum atomic E-state index is -0.282. The molecule has 126 valence electrons. The number of nitrogens with two attached hydrogens (primary N) is 1. The van der Waals surface area contributed by atoms with E-state index in [2.05, 4.69) is 0 Å². The first-order valence-electron chi connectivity index (χ1n) is 8.06. The predicted molar refractivity (Wildman–Crippen MR) is 89.9 cm³/mol. The topological polar surface area (TPSA) is 55.6 Å². The molecule has 24 heavy (non-hydrogen) atoms. The summed E-state index contributed by atoms with van der Waals surface area (Å²) in [5.74, 6) is -0.309. The lowest BCUT2D eigenvalue weighted by Crippen LogP contribution is -2.46. The molecule has 1 saturated heterocycles. The van der Waals surface area contributed by atoms with Gasteiger partial charge in [-0.25, -0.2) is 4.39 Å². The van der Waals surface area contributed by atoms with Crippen LogP contribution in [0, 0.1) is 5.82 Å². The van der Waals surface area contributed by atoms with E-state index in [1.165, 1.54) is 12.1 Å². The summed E-state index contributed by atoms with van der Waals surface area (Å²) in [6.07, 6.45) is -0.331. The first-order chi connectivity index (χ1) is 11.6. The second-order valence-corrected chi connectivity index (χ2v) is 6.10. The number of amides is 1. The first kappa shape index (κ1) is 16.6. The van der Waals surface area contributed by atoms with Crippen molar-refractivity contribution >= 4 is 5.91 Å². The number of hydrogen-bond donors (Lipinski definition) is 1. The van der Waals surface area contributed by atoms with Gasteiger partial charge >= 0.3 is 0 Å². The van der Waals surface area contributed by atoms with Crippen LogP contribution in [0.3, 0.4) is 0 Å². The zero-order valence-corrected chi connectivity index (χ0v) is 13.6. The Balaban J connectivity index is 1.76. The van der Waals surface area contributed by atoms with E-state index in [1.54, 1.807) is 29.2 Å². The predicted octanol–water partition coefficient (Wildman–Crippen LogP) is 2.89.